The molecule has 8 heteroatoms. The van der Waals surface area contributed by atoms with Gasteiger partial charge in [0.05, 0.1) is 35.5 Å². The van der Waals surface area contributed by atoms with E-state index in [1.807, 2.05) is 23.8 Å². The van der Waals surface area contributed by atoms with Crippen molar-refractivity contribution >= 4 is 23.3 Å². The molecule has 0 unspecified atom stereocenters. The van der Waals surface area contributed by atoms with E-state index in [0.717, 1.165) is 46.3 Å². The summed E-state index contributed by atoms with van der Waals surface area (Å²) in [7, 11) is 0. The van der Waals surface area contributed by atoms with E-state index < -0.39 is 0 Å². The van der Waals surface area contributed by atoms with Gasteiger partial charge in [-0.05, 0) is 81.0 Å². The Hall–Kier alpha value is -4.33. The average Bonchev–Trinajstić information content (AvgIpc) is 3.45. The Kier molecular flexibility index (Phi) is 7.54. The van der Waals surface area contributed by atoms with Gasteiger partial charge in [0, 0.05) is 35.6 Å². The average molecular weight is 525 g/mol. The van der Waals surface area contributed by atoms with E-state index in [-0.39, 0.29) is 24.3 Å². The van der Waals surface area contributed by atoms with Gasteiger partial charge in [0.2, 0.25) is 0 Å². The second-order valence-corrected chi connectivity index (χ2v) is 9.78. The van der Waals surface area contributed by atoms with Crippen molar-refractivity contribution in [2.75, 3.05) is 6.61 Å². The number of fused-ring (bicyclic) bond motifs is 2. The number of ether oxygens (including phenoxy) is 1. The van der Waals surface area contributed by atoms with Crippen LogP contribution in [0.2, 0.25) is 0 Å². The number of pyridine rings is 1. The zero-order chi connectivity index (χ0) is 27.5. The quantitative estimate of drug-likeness (QED) is 0.158. The highest BCUT2D eigenvalue weighted by Crippen LogP contribution is 2.34. The van der Waals surface area contributed by atoms with Gasteiger partial charge in [0.15, 0.2) is 0 Å². The lowest BCUT2D eigenvalue weighted by Gasteiger charge is -2.21. The molecule has 39 heavy (non-hydrogen) atoms. The summed E-state index contributed by atoms with van der Waals surface area (Å²) in [5.74, 6) is -0.833. The fraction of sp³-hybridized carbons (Fsp3) is 0.323. The number of carbonyl (C=O) groups excluding carboxylic acids is 3. The molecule has 2 amide bonds. The molecule has 0 fully saturated rings. The first kappa shape index (κ1) is 26.3. The van der Waals surface area contributed by atoms with Crippen LogP contribution in [-0.2, 0) is 28.9 Å². The predicted molar refractivity (Wildman–Crippen MR) is 147 cm³/mol. The van der Waals surface area contributed by atoms with Crippen molar-refractivity contribution in [1.82, 2.24) is 19.5 Å². The van der Waals surface area contributed by atoms with Gasteiger partial charge in [-0.25, -0.2) is 4.52 Å². The third-order valence-electron chi connectivity index (χ3n) is 7.14. The van der Waals surface area contributed by atoms with E-state index in [4.69, 9.17) is 9.84 Å². The van der Waals surface area contributed by atoms with Crippen LogP contribution in [0.3, 0.4) is 0 Å². The maximum Gasteiger partial charge on any atom is 0.305 e. The van der Waals surface area contributed by atoms with Crippen LogP contribution in [0.1, 0.15) is 76.3 Å². The summed E-state index contributed by atoms with van der Waals surface area (Å²) in [5, 5.41) is 5.01. The zero-order valence-electron chi connectivity index (χ0n) is 22.6. The van der Waals surface area contributed by atoms with Crippen molar-refractivity contribution in [3.63, 3.8) is 0 Å². The molecule has 4 heterocycles. The Balaban J connectivity index is 1.61. The number of esters is 1. The highest BCUT2D eigenvalue weighted by atomic mass is 16.5. The Labute approximate surface area is 227 Å². The smallest absolute Gasteiger partial charge is 0.305 e. The molecule has 0 radical (unpaired) electrons. The fourth-order valence-electron chi connectivity index (χ4n) is 5.27. The minimum Gasteiger partial charge on any atom is -0.466 e. The summed E-state index contributed by atoms with van der Waals surface area (Å²) in [5.41, 5.74) is 7.40. The van der Waals surface area contributed by atoms with Crippen LogP contribution in [0.25, 0.3) is 16.6 Å². The van der Waals surface area contributed by atoms with E-state index in [2.05, 4.69) is 30.1 Å². The zero-order valence-corrected chi connectivity index (χ0v) is 22.6. The Morgan fingerprint density at radius 3 is 2.38 bits per heavy atom. The van der Waals surface area contributed by atoms with Gasteiger partial charge in [-0.15, -0.1) is 0 Å². The minimum atomic E-state index is -0.312. The largest absolute Gasteiger partial charge is 0.466 e. The third kappa shape index (κ3) is 5.06. The lowest BCUT2D eigenvalue weighted by molar-refractivity contribution is -0.143. The monoisotopic (exact) mass is 524 g/mol. The number of imide groups is 1. The molecule has 4 aromatic rings. The maximum atomic E-state index is 13.3. The van der Waals surface area contributed by atoms with Gasteiger partial charge in [-0.1, -0.05) is 19.1 Å². The van der Waals surface area contributed by atoms with E-state index in [0.29, 0.717) is 42.7 Å². The first-order valence-electron chi connectivity index (χ1n) is 13.5. The molecular weight excluding hydrogens is 492 g/mol. The molecule has 0 N–H and O–H groups in total. The highest BCUT2D eigenvalue weighted by molar-refractivity contribution is 6.21. The predicted octanol–water partition coefficient (Wildman–Crippen LogP) is 5.34. The van der Waals surface area contributed by atoms with Gasteiger partial charge in [-0.2, -0.15) is 5.10 Å². The normalized spacial score (nSPS) is 12.8. The van der Waals surface area contributed by atoms with Crippen molar-refractivity contribution in [3.05, 3.63) is 88.5 Å². The number of hydrogen-bond acceptors (Lipinski definition) is 6. The topological polar surface area (TPSA) is 93.9 Å². The number of aromatic nitrogens is 3. The summed E-state index contributed by atoms with van der Waals surface area (Å²) >= 11 is 0. The SMILES string of the molecule is CCOC(=O)CCCCc1c(CN2C(=O)c3ccccc3C2=O)nn2c(CC)ccc2c1-c1cncc(C)c1. The number of unbranched alkanes of at least 4 members (excludes halogenated alkanes) is 1. The molecule has 0 spiro atoms. The summed E-state index contributed by atoms with van der Waals surface area (Å²) in [6.07, 6.45) is 6.77. The van der Waals surface area contributed by atoms with Crippen LogP contribution >= 0.6 is 0 Å². The molecule has 0 saturated heterocycles. The second-order valence-electron chi connectivity index (χ2n) is 9.78. The molecule has 200 valence electrons. The van der Waals surface area contributed by atoms with Crippen LogP contribution in [0.5, 0.6) is 0 Å². The number of hydrogen-bond donors (Lipinski definition) is 0. The highest BCUT2D eigenvalue weighted by Gasteiger charge is 2.36. The molecule has 1 aromatic carbocycles. The van der Waals surface area contributed by atoms with Crippen molar-refractivity contribution in [1.29, 1.82) is 0 Å². The van der Waals surface area contributed by atoms with Gasteiger partial charge in [0.25, 0.3) is 11.8 Å². The first-order chi connectivity index (χ1) is 18.9. The Bertz CT molecular complexity index is 1540. The number of amides is 2. The van der Waals surface area contributed by atoms with Crippen molar-refractivity contribution in [2.24, 2.45) is 0 Å². The van der Waals surface area contributed by atoms with Crippen LogP contribution in [0, 0.1) is 6.92 Å². The Morgan fingerprint density at radius 2 is 1.72 bits per heavy atom. The fourth-order valence-corrected chi connectivity index (χ4v) is 5.27. The van der Waals surface area contributed by atoms with E-state index in [9.17, 15) is 14.4 Å². The molecule has 0 bridgehead atoms. The third-order valence-corrected chi connectivity index (χ3v) is 7.14. The van der Waals surface area contributed by atoms with Crippen molar-refractivity contribution in [2.45, 2.75) is 59.4 Å². The number of carbonyl (C=O) groups is 3. The van der Waals surface area contributed by atoms with Crippen LogP contribution in [-0.4, -0.2) is 43.9 Å². The lowest BCUT2D eigenvalue weighted by Crippen LogP contribution is -2.30. The van der Waals surface area contributed by atoms with E-state index >= 15 is 0 Å². The standard InChI is InChI=1S/C31H32N4O4/c1-4-22-14-15-27-29(21-16-20(3)17-32-18-21)25(12-8-9-13-28(36)39-5-2)26(33-35(22)27)19-34-30(37)23-10-6-7-11-24(23)31(34)38/h6-7,10-11,14-18H,4-5,8-9,12-13,19H2,1-3H3. The number of nitrogens with zero attached hydrogens (tertiary/aromatic N) is 4. The number of rotatable bonds is 10. The molecule has 5 rings (SSSR count). The van der Waals surface area contributed by atoms with Gasteiger partial charge >= 0.3 is 5.97 Å². The second kappa shape index (κ2) is 11.2. The maximum absolute atomic E-state index is 13.3. The molecule has 1 aliphatic rings. The minimum absolute atomic E-state index is 0.0586. The van der Waals surface area contributed by atoms with Crippen LogP contribution in [0.15, 0.2) is 54.9 Å². The van der Waals surface area contributed by atoms with Crippen LogP contribution in [0.4, 0.5) is 0 Å². The van der Waals surface area contributed by atoms with E-state index in [1.165, 1.54) is 4.90 Å². The Morgan fingerprint density at radius 1 is 0.974 bits per heavy atom. The number of benzene rings is 1. The molecule has 0 saturated carbocycles. The summed E-state index contributed by atoms with van der Waals surface area (Å²) in [6.45, 7) is 6.30. The molecular formula is C31H32N4O4. The first-order valence-corrected chi connectivity index (χ1v) is 13.5. The summed E-state index contributed by atoms with van der Waals surface area (Å²) < 4.78 is 7.02. The van der Waals surface area contributed by atoms with Crippen LogP contribution < -0.4 is 0 Å². The lowest BCUT2D eigenvalue weighted by atomic mass is 9.94. The molecule has 3 aromatic heterocycles. The van der Waals surface area contributed by atoms with Crippen molar-refractivity contribution in [3.8, 4) is 11.1 Å². The van der Waals surface area contributed by atoms with E-state index in [1.54, 1.807) is 31.2 Å². The molecule has 1 aliphatic heterocycles. The summed E-state index contributed by atoms with van der Waals surface area (Å²) in [4.78, 5) is 44.2. The van der Waals surface area contributed by atoms with Gasteiger partial charge in [0.1, 0.15) is 0 Å². The van der Waals surface area contributed by atoms with Crippen molar-refractivity contribution < 1.29 is 19.1 Å². The molecule has 0 atom stereocenters. The number of aryl methyl sites for hydroxylation is 2. The van der Waals surface area contributed by atoms with Gasteiger partial charge < -0.3 is 4.74 Å². The van der Waals surface area contributed by atoms with Gasteiger partial charge in [-0.3, -0.25) is 24.3 Å². The molecule has 8 nitrogen and oxygen atoms in total. The summed E-state index contributed by atoms with van der Waals surface area (Å²) in [6, 6.07) is 13.1. The molecule has 0 aliphatic carbocycles.